The van der Waals surface area contributed by atoms with Gasteiger partial charge in [-0.3, -0.25) is 4.79 Å². The Labute approximate surface area is 168 Å². The van der Waals surface area contributed by atoms with Crippen LogP contribution in [-0.2, 0) is 22.4 Å². The van der Waals surface area contributed by atoms with Crippen LogP contribution in [0.2, 0.25) is 0 Å². The predicted octanol–water partition coefficient (Wildman–Crippen LogP) is 3.94. The first kappa shape index (κ1) is 19.9. The zero-order valence-corrected chi connectivity index (χ0v) is 16.7. The fourth-order valence-electron chi connectivity index (χ4n) is 3.19. The summed E-state index contributed by atoms with van der Waals surface area (Å²) < 4.78 is 10.4. The summed E-state index contributed by atoms with van der Waals surface area (Å²) in [4.78, 5) is 25.5. The molecule has 28 heavy (non-hydrogen) atoms. The van der Waals surface area contributed by atoms with Crippen LogP contribution in [0.1, 0.15) is 46.6 Å². The second-order valence-electron chi connectivity index (χ2n) is 6.75. The van der Waals surface area contributed by atoms with Crippen molar-refractivity contribution in [2.75, 3.05) is 18.5 Å². The van der Waals surface area contributed by atoms with Crippen molar-refractivity contribution in [1.82, 2.24) is 0 Å². The molecular formula is C21H22N2O4S. The molecule has 0 saturated heterocycles. The average molecular weight is 398 g/mol. The molecule has 0 bridgehead atoms. The lowest BCUT2D eigenvalue weighted by atomic mass is 9.89. The van der Waals surface area contributed by atoms with Gasteiger partial charge >= 0.3 is 5.97 Å². The molecule has 3 rings (SSSR count). The number of carbonyl (C=O) groups excluding carboxylic acids is 2. The minimum absolute atomic E-state index is 0.342. The van der Waals surface area contributed by atoms with E-state index in [1.165, 1.54) is 11.3 Å². The van der Waals surface area contributed by atoms with Gasteiger partial charge in [0.05, 0.1) is 17.7 Å². The SMILES string of the molecule is CCOc1ccc(C(=O)OCC(=O)Nc2sc3c(c2C#N)CC[C@H](C)C3)cc1. The molecule has 1 aromatic heterocycles. The van der Waals surface area contributed by atoms with E-state index in [-0.39, 0.29) is 0 Å². The third kappa shape index (κ3) is 4.52. The third-order valence-electron chi connectivity index (χ3n) is 4.61. The lowest BCUT2D eigenvalue weighted by Crippen LogP contribution is -2.20. The number of nitriles is 1. The highest BCUT2D eigenvalue weighted by molar-refractivity contribution is 7.16. The summed E-state index contributed by atoms with van der Waals surface area (Å²) in [6.07, 6.45) is 2.83. The molecule has 0 spiro atoms. The summed E-state index contributed by atoms with van der Waals surface area (Å²) in [5.74, 6) is 0.202. The van der Waals surface area contributed by atoms with Gasteiger partial charge in [0.2, 0.25) is 0 Å². The molecule has 0 fully saturated rings. The molecule has 7 heteroatoms. The van der Waals surface area contributed by atoms with E-state index in [9.17, 15) is 14.9 Å². The number of nitrogens with zero attached hydrogens (tertiary/aromatic N) is 1. The van der Waals surface area contributed by atoms with Crippen LogP contribution in [0.3, 0.4) is 0 Å². The van der Waals surface area contributed by atoms with Gasteiger partial charge in [0.15, 0.2) is 6.61 Å². The number of hydrogen-bond donors (Lipinski definition) is 1. The number of carbonyl (C=O) groups is 2. The highest BCUT2D eigenvalue weighted by atomic mass is 32.1. The topological polar surface area (TPSA) is 88.4 Å². The standard InChI is InChI=1S/C21H22N2O4S/c1-3-26-15-7-5-14(6-8-15)21(25)27-12-19(24)23-20-17(11-22)16-9-4-13(2)10-18(16)28-20/h5-8,13H,3-4,9-10,12H2,1-2H3,(H,23,24)/t13-/m0/s1. The Morgan fingerprint density at radius 1 is 1.32 bits per heavy atom. The molecule has 6 nitrogen and oxygen atoms in total. The Morgan fingerprint density at radius 3 is 2.75 bits per heavy atom. The van der Waals surface area contributed by atoms with Crippen molar-refractivity contribution in [2.24, 2.45) is 5.92 Å². The van der Waals surface area contributed by atoms with Crippen molar-refractivity contribution in [3.8, 4) is 11.8 Å². The molecule has 1 heterocycles. The first-order valence-corrected chi connectivity index (χ1v) is 10.1. The van der Waals surface area contributed by atoms with E-state index in [1.807, 2.05) is 6.92 Å². The van der Waals surface area contributed by atoms with E-state index in [0.717, 1.165) is 29.7 Å². The van der Waals surface area contributed by atoms with Crippen molar-refractivity contribution in [3.63, 3.8) is 0 Å². The van der Waals surface area contributed by atoms with Crippen LogP contribution in [0.25, 0.3) is 0 Å². The van der Waals surface area contributed by atoms with Gasteiger partial charge in [-0.2, -0.15) is 5.26 Å². The monoisotopic (exact) mass is 398 g/mol. The van der Waals surface area contributed by atoms with Crippen LogP contribution < -0.4 is 10.1 Å². The number of anilines is 1. The Bertz CT molecular complexity index is 912. The molecular weight excluding hydrogens is 376 g/mol. The minimum Gasteiger partial charge on any atom is -0.494 e. The average Bonchev–Trinajstić information content (AvgIpc) is 3.02. The molecule has 0 aliphatic heterocycles. The number of nitrogens with one attached hydrogen (secondary N) is 1. The summed E-state index contributed by atoms with van der Waals surface area (Å²) in [7, 11) is 0. The van der Waals surface area contributed by atoms with Gasteiger partial charge in [-0.25, -0.2) is 4.79 Å². The van der Waals surface area contributed by atoms with Crippen LogP contribution in [0, 0.1) is 17.2 Å². The Morgan fingerprint density at radius 2 is 2.07 bits per heavy atom. The summed E-state index contributed by atoms with van der Waals surface area (Å²) in [5, 5.41) is 12.8. The molecule has 1 aliphatic rings. The maximum atomic E-state index is 12.2. The number of benzene rings is 1. The van der Waals surface area contributed by atoms with Crippen LogP contribution in [0.4, 0.5) is 5.00 Å². The molecule has 1 aromatic carbocycles. The first-order chi connectivity index (χ1) is 13.5. The smallest absolute Gasteiger partial charge is 0.338 e. The zero-order chi connectivity index (χ0) is 20.1. The fourth-order valence-corrected chi connectivity index (χ4v) is 4.57. The van der Waals surface area contributed by atoms with E-state index >= 15 is 0 Å². The fraction of sp³-hybridized carbons (Fsp3) is 0.381. The van der Waals surface area contributed by atoms with Crippen molar-refractivity contribution < 1.29 is 19.1 Å². The highest BCUT2D eigenvalue weighted by Gasteiger charge is 2.24. The molecule has 1 atom stereocenters. The number of fused-ring (bicyclic) bond motifs is 1. The number of amides is 1. The lowest BCUT2D eigenvalue weighted by Gasteiger charge is -2.17. The molecule has 1 amide bonds. The van der Waals surface area contributed by atoms with Crippen LogP contribution >= 0.6 is 11.3 Å². The lowest BCUT2D eigenvalue weighted by molar-refractivity contribution is -0.119. The normalized spacial score (nSPS) is 15.2. The maximum Gasteiger partial charge on any atom is 0.338 e. The number of thiophene rings is 1. The predicted molar refractivity (Wildman–Crippen MR) is 107 cm³/mol. The summed E-state index contributed by atoms with van der Waals surface area (Å²) >= 11 is 1.45. The second kappa shape index (κ2) is 8.89. The van der Waals surface area contributed by atoms with Crippen molar-refractivity contribution in [3.05, 3.63) is 45.8 Å². The molecule has 1 aliphatic carbocycles. The first-order valence-electron chi connectivity index (χ1n) is 9.26. The summed E-state index contributed by atoms with van der Waals surface area (Å²) in [5.41, 5.74) is 1.93. The minimum atomic E-state index is -0.585. The number of ether oxygens (including phenoxy) is 2. The van der Waals surface area contributed by atoms with Gasteiger partial charge in [-0.1, -0.05) is 6.92 Å². The number of hydrogen-bond acceptors (Lipinski definition) is 6. The summed E-state index contributed by atoms with van der Waals surface area (Å²) in [6, 6.07) is 8.74. The van der Waals surface area contributed by atoms with E-state index in [4.69, 9.17) is 9.47 Å². The van der Waals surface area contributed by atoms with Crippen molar-refractivity contribution >= 4 is 28.2 Å². The van der Waals surface area contributed by atoms with E-state index in [1.54, 1.807) is 24.3 Å². The molecule has 1 N–H and O–H groups in total. The van der Waals surface area contributed by atoms with Gasteiger partial charge in [0.25, 0.3) is 5.91 Å². The van der Waals surface area contributed by atoms with Gasteiger partial charge < -0.3 is 14.8 Å². The van der Waals surface area contributed by atoms with E-state index in [2.05, 4.69) is 18.3 Å². The Kier molecular flexibility index (Phi) is 6.32. The zero-order valence-electron chi connectivity index (χ0n) is 15.9. The molecule has 0 unspecified atom stereocenters. The van der Waals surface area contributed by atoms with Crippen LogP contribution in [0.5, 0.6) is 5.75 Å². The quantitative estimate of drug-likeness (QED) is 0.745. The van der Waals surface area contributed by atoms with Gasteiger partial charge in [-0.15, -0.1) is 11.3 Å². The Balaban J connectivity index is 1.59. The molecule has 0 saturated carbocycles. The van der Waals surface area contributed by atoms with E-state index < -0.39 is 18.5 Å². The number of rotatable bonds is 6. The van der Waals surface area contributed by atoms with Crippen molar-refractivity contribution in [2.45, 2.75) is 33.1 Å². The van der Waals surface area contributed by atoms with Gasteiger partial charge in [0, 0.05) is 4.88 Å². The van der Waals surface area contributed by atoms with Crippen LogP contribution in [0.15, 0.2) is 24.3 Å². The highest BCUT2D eigenvalue weighted by Crippen LogP contribution is 2.39. The third-order valence-corrected chi connectivity index (χ3v) is 5.78. The van der Waals surface area contributed by atoms with Crippen LogP contribution in [-0.4, -0.2) is 25.1 Å². The maximum absolute atomic E-state index is 12.2. The molecule has 146 valence electrons. The van der Waals surface area contributed by atoms with E-state index in [0.29, 0.717) is 34.4 Å². The largest absolute Gasteiger partial charge is 0.494 e. The summed E-state index contributed by atoms with van der Waals surface area (Å²) in [6.45, 7) is 4.20. The van der Waals surface area contributed by atoms with Crippen molar-refractivity contribution in [1.29, 1.82) is 5.26 Å². The van der Waals surface area contributed by atoms with Gasteiger partial charge in [0.1, 0.15) is 16.8 Å². The molecule has 2 aromatic rings. The molecule has 0 radical (unpaired) electrons. The number of esters is 1. The second-order valence-corrected chi connectivity index (χ2v) is 7.85. The Hall–Kier alpha value is -2.85. The van der Waals surface area contributed by atoms with Gasteiger partial charge in [-0.05, 0) is 61.9 Å².